The van der Waals surface area contributed by atoms with Crippen LogP contribution in [0.15, 0.2) is 24.3 Å². The molecule has 2 aliphatic rings. The molecule has 2 heterocycles. The van der Waals surface area contributed by atoms with E-state index >= 15 is 0 Å². The number of carbonyl (C=O) groups is 1. The SMILES string of the molecule is CCC1(CO)CCN(C2CCN(c3cccc([N+](=O)[O-])c3)C2=O)CC1. The molecule has 1 aromatic carbocycles. The maximum absolute atomic E-state index is 12.9. The highest BCUT2D eigenvalue weighted by Crippen LogP contribution is 2.36. The summed E-state index contributed by atoms with van der Waals surface area (Å²) >= 11 is 0. The Morgan fingerprint density at radius 2 is 2.04 bits per heavy atom. The first-order valence-corrected chi connectivity index (χ1v) is 8.90. The van der Waals surface area contributed by atoms with Gasteiger partial charge in [0.25, 0.3) is 5.69 Å². The van der Waals surface area contributed by atoms with Crippen molar-refractivity contribution in [2.45, 2.75) is 38.6 Å². The molecule has 0 radical (unpaired) electrons. The summed E-state index contributed by atoms with van der Waals surface area (Å²) in [5.74, 6) is 0.0218. The molecule has 0 aliphatic carbocycles. The van der Waals surface area contributed by atoms with Crippen molar-refractivity contribution in [3.63, 3.8) is 0 Å². The van der Waals surface area contributed by atoms with Gasteiger partial charge >= 0.3 is 0 Å². The van der Waals surface area contributed by atoms with Crippen LogP contribution in [0.2, 0.25) is 0 Å². The maximum atomic E-state index is 12.9. The molecule has 1 amide bonds. The van der Waals surface area contributed by atoms with E-state index in [0.29, 0.717) is 12.2 Å². The molecule has 2 aliphatic heterocycles. The van der Waals surface area contributed by atoms with Crippen molar-refractivity contribution < 1.29 is 14.8 Å². The van der Waals surface area contributed by atoms with Crippen LogP contribution < -0.4 is 4.90 Å². The molecule has 0 saturated carbocycles. The highest BCUT2D eigenvalue weighted by molar-refractivity contribution is 5.99. The van der Waals surface area contributed by atoms with Gasteiger partial charge in [0.1, 0.15) is 0 Å². The number of rotatable bonds is 5. The van der Waals surface area contributed by atoms with Crippen LogP contribution in [0.4, 0.5) is 11.4 Å². The largest absolute Gasteiger partial charge is 0.396 e. The van der Waals surface area contributed by atoms with Gasteiger partial charge in [-0.1, -0.05) is 13.0 Å². The zero-order valence-corrected chi connectivity index (χ0v) is 14.6. The molecular weight excluding hydrogens is 322 g/mol. The maximum Gasteiger partial charge on any atom is 0.271 e. The number of nitro groups is 1. The lowest BCUT2D eigenvalue weighted by atomic mass is 9.76. The molecule has 7 nitrogen and oxygen atoms in total. The van der Waals surface area contributed by atoms with Gasteiger partial charge in [0.2, 0.25) is 5.91 Å². The minimum atomic E-state index is -0.439. The minimum absolute atomic E-state index is 0.00210. The number of anilines is 1. The molecular formula is C18H25N3O4. The third-order valence-corrected chi connectivity index (χ3v) is 5.91. The molecule has 0 spiro atoms. The van der Waals surface area contributed by atoms with Crippen LogP contribution in [0.3, 0.4) is 0 Å². The zero-order valence-electron chi connectivity index (χ0n) is 14.6. The summed E-state index contributed by atoms with van der Waals surface area (Å²) in [6, 6.07) is 6.10. The Morgan fingerprint density at radius 1 is 1.32 bits per heavy atom. The second-order valence-electron chi connectivity index (χ2n) is 7.12. The van der Waals surface area contributed by atoms with Gasteiger partial charge in [-0.3, -0.25) is 19.8 Å². The van der Waals surface area contributed by atoms with Crippen LogP contribution in [0.25, 0.3) is 0 Å². The Morgan fingerprint density at radius 3 is 2.64 bits per heavy atom. The Bertz CT molecular complexity index is 649. The van der Waals surface area contributed by atoms with Gasteiger partial charge in [0, 0.05) is 25.3 Å². The second kappa shape index (κ2) is 7.09. The third kappa shape index (κ3) is 3.39. The van der Waals surface area contributed by atoms with Gasteiger partial charge in [0.15, 0.2) is 0 Å². The lowest BCUT2D eigenvalue weighted by Gasteiger charge is -2.42. The fourth-order valence-corrected chi connectivity index (χ4v) is 3.97. The Kier molecular flexibility index (Phi) is 5.06. The molecule has 1 aromatic rings. The lowest BCUT2D eigenvalue weighted by Crippen LogP contribution is -2.49. The average molecular weight is 347 g/mol. The van der Waals surface area contributed by atoms with E-state index in [4.69, 9.17) is 0 Å². The summed E-state index contributed by atoms with van der Waals surface area (Å²) in [6.07, 6.45) is 3.50. The fraction of sp³-hybridized carbons (Fsp3) is 0.611. The highest BCUT2D eigenvalue weighted by Gasteiger charge is 2.41. The summed E-state index contributed by atoms with van der Waals surface area (Å²) in [4.78, 5) is 27.2. The van der Waals surface area contributed by atoms with Crippen LogP contribution in [0.5, 0.6) is 0 Å². The number of carbonyl (C=O) groups excluding carboxylic acids is 1. The predicted molar refractivity (Wildman–Crippen MR) is 94.5 cm³/mol. The molecule has 1 N–H and O–H groups in total. The molecule has 1 atom stereocenters. The molecule has 2 saturated heterocycles. The molecule has 1 unspecified atom stereocenters. The fourth-order valence-electron chi connectivity index (χ4n) is 3.97. The number of amides is 1. The molecule has 25 heavy (non-hydrogen) atoms. The van der Waals surface area contributed by atoms with Gasteiger partial charge in [-0.15, -0.1) is 0 Å². The molecule has 3 rings (SSSR count). The number of hydrogen-bond acceptors (Lipinski definition) is 5. The summed E-state index contributed by atoms with van der Waals surface area (Å²) in [6.45, 7) is 4.52. The van der Waals surface area contributed by atoms with Crippen molar-refractivity contribution in [3.05, 3.63) is 34.4 Å². The van der Waals surface area contributed by atoms with Crippen molar-refractivity contribution in [2.24, 2.45) is 5.41 Å². The van der Waals surface area contributed by atoms with Crippen LogP contribution >= 0.6 is 0 Å². The summed E-state index contributed by atoms with van der Waals surface area (Å²) in [7, 11) is 0. The normalized spacial score (nSPS) is 23.8. The van der Waals surface area contributed by atoms with Gasteiger partial charge in [-0.25, -0.2) is 0 Å². The number of benzene rings is 1. The first kappa shape index (κ1) is 17.8. The number of aliphatic hydroxyl groups excluding tert-OH is 1. The number of nitro benzene ring substituents is 1. The van der Waals surface area contributed by atoms with E-state index in [-0.39, 0.29) is 29.7 Å². The van der Waals surface area contributed by atoms with E-state index in [1.807, 2.05) is 0 Å². The second-order valence-corrected chi connectivity index (χ2v) is 7.12. The zero-order chi connectivity index (χ0) is 18.0. The van der Waals surface area contributed by atoms with E-state index in [9.17, 15) is 20.0 Å². The van der Waals surface area contributed by atoms with Crippen molar-refractivity contribution in [1.82, 2.24) is 4.90 Å². The van der Waals surface area contributed by atoms with E-state index in [1.165, 1.54) is 12.1 Å². The van der Waals surface area contributed by atoms with E-state index in [1.54, 1.807) is 17.0 Å². The Hall–Kier alpha value is -1.99. The summed E-state index contributed by atoms with van der Waals surface area (Å²) < 4.78 is 0. The van der Waals surface area contributed by atoms with Crippen molar-refractivity contribution in [2.75, 3.05) is 31.1 Å². The number of nitrogens with zero attached hydrogens (tertiary/aromatic N) is 3. The van der Waals surface area contributed by atoms with Crippen LogP contribution in [0, 0.1) is 15.5 Å². The Balaban J connectivity index is 1.69. The number of non-ortho nitro benzene ring substituents is 1. The lowest BCUT2D eigenvalue weighted by molar-refractivity contribution is -0.384. The number of likely N-dealkylation sites (tertiary alicyclic amines) is 1. The molecule has 0 aromatic heterocycles. The van der Waals surface area contributed by atoms with E-state index in [2.05, 4.69) is 11.8 Å². The monoisotopic (exact) mass is 347 g/mol. The predicted octanol–water partition coefficient (Wildman–Crippen LogP) is 2.18. The van der Waals surface area contributed by atoms with Crippen molar-refractivity contribution in [3.8, 4) is 0 Å². The van der Waals surface area contributed by atoms with E-state index in [0.717, 1.165) is 38.8 Å². The van der Waals surface area contributed by atoms with Crippen LogP contribution in [-0.4, -0.2) is 53.1 Å². The van der Waals surface area contributed by atoms with Gasteiger partial charge in [0.05, 0.1) is 16.7 Å². The number of piperidine rings is 1. The van der Waals surface area contributed by atoms with Gasteiger partial charge < -0.3 is 10.0 Å². The van der Waals surface area contributed by atoms with Gasteiger partial charge in [-0.2, -0.15) is 0 Å². The third-order valence-electron chi connectivity index (χ3n) is 5.91. The molecule has 2 fully saturated rings. The first-order valence-electron chi connectivity index (χ1n) is 8.90. The molecule has 136 valence electrons. The summed E-state index contributed by atoms with van der Waals surface area (Å²) in [5, 5.41) is 20.6. The van der Waals surface area contributed by atoms with Crippen molar-refractivity contribution >= 4 is 17.3 Å². The molecule has 0 bridgehead atoms. The number of aliphatic hydroxyl groups is 1. The van der Waals surface area contributed by atoms with Crippen LogP contribution in [-0.2, 0) is 4.79 Å². The standard InChI is InChI=1S/C18H25N3O4/c1-2-18(13-22)7-10-19(11-8-18)16-6-9-20(17(16)23)14-4-3-5-15(12-14)21(24)25/h3-5,12,16,22H,2,6-11,13H2,1H3. The smallest absolute Gasteiger partial charge is 0.271 e. The van der Waals surface area contributed by atoms with Gasteiger partial charge in [-0.05, 0) is 50.3 Å². The minimum Gasteiger partial charge on any atom is -0.396 e. The first-order chi connectivity index (χ1) is 12.0. The quantitative estimate of drug-likeness (QED) is 0.652. The van der Waals surface area contributed by atoms with E-state index < -0.39 is 4.92 Å². The highest BCUT2D eigenvalue weighted by atomic mass is 16.6. The number of hydrogen-bond donors (Lipinski definition) is 1. The van der Waals surface area contributed by atoms with Crippen molar-refractivity contribution in [1.29, 1.82) is 0 Å². The average Bonchev–Trinajstić information content (AvgIpc) is 3.03. The topological polar surface area (TPSA) is 86.9 Å². The van der Waals surface area contributed by atoms with Crippen LogP contribution in [0.1, 0.15) is 32.6 Å². The summed E-state index contributed by atoms with van der Waals surface area (Å²) in [5.41, 5.74) is 0.595. The molecule has 7 heteroatoms. The Labute approximate surface area is 147 Å².